The van der Waals surface area contributed by atoms with Crippen LogP contribution in [-0.2, 0) is 16.1 Å². The van der Waals surface area contributed by atoms with Crippen LogP contribution < -0.4 is 10.6 Å². The first-order chi connectivity index (χ1) is 9.20. The predicted octanol–water partition coefficient (Wildman–Crippen LogP) is 0.858. The Morgan fingerprint density at radius 1 is 1.68 bits per heavy atom. The summed E-state index contributed by atoms with van der Waals surface area (Å²) in [7, 11) is 1.66. The molecule has 106 valence electrons. The van der Waals surface area contributed by atoms with E-state index in [0.29, 0.717) is 13.2 Å². The maximum atomic E-state index is 12.4. The summed E-state index contributed by atoms with van der Waals surface area (Å²) in [6, 6.07) is 0. The molecular weight excluding hydrogens is 244 g/mol. The minimum absolute atomic E-state index is 0.0892. The van der Waals surface area contributed by atoms with Gasteiger partial charge in [0, 0.05) is 19.9 Å². The Hall–Kier alpha value is -1.40. The number of methoxy groups -OCH3 is 1. The maximum Gasteiger partial charge on any atom is 0.232 e. The molecular formula is C13H22N4O2. The van der Waals surface area contributed by atoms with Crippen molar-refractivity contribution in [1.82, 2.24) is 15.1 Å². The number of nitrogens with one attached hydrogen (secondary N) is 2. The third-order valence-corrected chi connectivity index (χ3v) is 3.82. The molecule has 2 heterocycles. The van der Waals surface area contributed by atoms with Gasteiger partial charge in [-0.3, -0.25) is 9.48 Å². The third-order valence-electron chi connectivity index (χ3n) is 3.82. The molecule has 1 fully saturated rings. The molecule has 0 spiro atoms. The number of hydrogen-bond acceptors (Lipinski definition) is 4. The van der Waals surface area contributed by atoms with Gasteiger partial charge in [0.25, 0.3) is 0 Å². The number of carbonyl (C=O) groups is 1. The minimum atomic E-state index is -0.269. The molecule has 0 bridgehead atoms. The van der Waals surface area contributed by atoms with Crippen LogP contribution in [0.1, 0.15) is 19.8 Å². The first-order valence-electron chi connectivity index (χ1n) is 6.74. The van der Waals surface area contributed by atoms with E-state index in [1.54, 1.807) is 18.0 Å². The fraction of sp³-hybridized carbons (Fsp3) is 0.692. The van der Waals surface area contributed by atoms with Crippen molar-refractivity contribution in [1.29, 1.82) is 0 Å². The molecule has 1 amide bonds. The SMILES string of the molecule is CCC1(C(=O)Nc2cnn(CCOC)c2)CCNC1. The van der Waals surface area contributed by atoms with E-state index in [9.17, 15) is 4.79 Å². The molecule has 19 heavy (non-hydrogen) atoms. The van der Waals surface area contributed by atoms with E-state index >= 15 is 0 Å². The number of anilines is 1. The van der Waals surface area contributed by atoms with Crippen LogP contribution in [0.2, 0.25) is 0 Å². The Labute approximate surface area is 113 Å². The van der Waals surface area contributed by atoms with Gasteiger partial charge in [0.1, 0.15) is 0 Å². The Morgan fingerprint density at radius 2 is 2.53 bits per heavy atom. The van der Waals surface area contributed by atoms with Crippen LogP contribution in [0, 0.1) is 5.41 Å². The lowest BCUT2D eigenvalue weighted by Gasteiger charge is -2.24. The fourth-order valence-electron chi connectivity index (χ4n) is 2.40. The van der Waals surface area contributed by atoms with E-state index in [2.05, 4.69) is 22.7 Å². The molecule has 0 radical (unpaired) electrons. The van der Waals surface area contributed by atoms with Crippen molar-refractivity contribution in [2.75, 3.05) is 32.1 Å². The number of aromatic nitrogens is 2. The zero-order valence-electron chi connectivity index (χ0n) is 11.6. The molecule has 1 unspecified atom stereocenters. The van der Waals surface area contributed by atoms with Crippen molar-refractivity contribution in [3.8, 4) is 0 Å². The van der Waals surface area contributed by atoms with Gasteiger partial charge in [0.2, 0.25) is 5.91 Å². The van der Waals surface area contributed by atoms with Gasteiger partial charge < -0.3 is 15.4 Å². The highest BCUT2D eigenvalue weighted by molar-refractivity contribution is 5.95. The van der Waals surface area contributed by atoms with Crippen LogP contribution in [0.5, 0.6) is 0 Å². The Kier molecular flexibility index (Phi) is 4.55. The highest BCUT2D eigenvalue weighted by Gasteiger charge is 2.39. The number of nitrogens with zero attached hydrogens (tertiary/aromatic N) is 2. The van der Waals surface area contributed by atoms with E-state index in [-0.39, 0.29) is 11.3 Å². The largest absolute Gasteiger partial charge is 0.383 e. The highest BCUT2D eigenvalue weighted by atomic mass is 16.5. The van der Waals surface area contributed by atoms with E-state index in [4.69, 9.17) is 4.74 Å². The molecule has 0 saturated carbocycles. The monoisotopic (exact) mass is 266 g/mol. The molecule has 6 nitrogen and oxygen atoms in total. The molecule has 1 atom stereocenters. The lowest BCUT2D eigenvalue weighted by Crippen LogP contribution is -2.37. The van der Waals surface area contributed by atoms with Gasteiger partial charge in [-0.2, -0.15) is 5.10 Å². The van der Waals surface area contributed by atoms with Crippen molar-refractivity contribution in [2.24, 2.45) is 5.41 Å². The van der Waals surface area contributed by atoms with Crippen LogP contribution >= 0.6 is 0 Å². The predicted molar refractivity (Wildman–Crippen MR) is 72.9 cm³/mol. The number of hydrogen-bond donors (Lipinski definition) is 2. The van der Waals surface area contributed by atoms with Gasteiger partial charge in [0.15, 0.2) is 0 Å². The highest BCUT2D eigenvalue weighted by Crippen LogP contribution is 2.30. The normalized spacial score (nSPS) is 22.6. The summed E-state index contributed by atoms with van der Waals surface area (Å²) in [6.07, 6.45) is 5.26. The second kappa shape index (κ2) is 6.16. The number of ether oxygens (including phenoxy) is 1. The summed E-state index contributed by atoms with van der Waals surface area (Å²) in [5, 5.41) is 10.4. The molecule has 1 aromatic heterocycles. The number of rotatable bonds is 6. The van der Waals surface area contributed by atoms with Crippen LogP contribution in [-0.4, -0.2) is 42.5 Å². The topological polar surface area (TPSA) is 68.2 Å². The van der Waals surface area contributed by atoms with E-state index in [0.717, 1.165) is 31.6 Å². The average molecular weight is 266 g/mol. The molecule has 1 aromatic rings. The summed E-state index contributed by atoms with van der Waals surface area (Å²) >= 11 is 0. The summed E-state index contributed by atoms with van der Waals surface area (Å²) < 4.78 is 6.76. The van der Waals surface area contributed by atoms with E-state index in [1.165, 1.54) is 0 Å². The summed E-state index contributed by atoms with van der Waals surface area (Å²) in [5.41, 5.74) is 0.482. The van der Waals surface area contributed by atoms with Crippen LogP contribution in [0.25, 0.3) is 0 Å². The van der Waals surface area contributed by atoms with Gasteiger partial charge in [-0.15, -0.1) is 0 Å². The molecule has 1 aliphatic rings. The van der Waals surface area contributed by atoms with Crippen molar-refractivity contribution < 1.29 is 9.53 Å². The number of carbonyl (C=O) groups excluding carboxylic acids is 1. The fourth-order valence-corrected chi connectivity index (χ4v) is 2.40. The first-order valence-corrected chi connectivity index (χ1v) is 6.74. The quantitative estimate of drug-likeness (QED) is 0.801. The lowest BCUT2D eigenvalue weighted by atomic mass is 9.83. The Morgan fingerprint density at radius 3 is 3.16 bits per heavy atom. The molecule has 2 rings (SSSR count). The molecule has 1 aliphatic heterocycles. The second-order valence-electron chi connectivity index (χ2n) is 5.00. The van der Waals surface area contributed by atoms with Crippen LogP contribution in [0.3, 0.4) is 0 Å². The molecule has 0 aromatic carbocycles. The van der Waals surface area contributed by atoms with Crippen molar-refractivity contribution in [2.45, 2.75) is 26.3 Å². The molecule has 2 N–H and O–H groups in total. The summed E-state index contributed by atoms with van der Waals surface area (Å²) in [5.74, 6) is 0.0892. The van der Waals surface area contributed by atoms with Crippen LogP contribution in [0.15, 0.2) is 12.4 Å². The zero-order valence-corrected chi connectivity index (χ0v) is 11.6. The maximum absolute atomic E-state index is 12.4. The van der Waals surface area contributed by atoms with Crippen molar-refractivity contribution >= 4 is 11.6 Å². The first kappa shape index (κ1) is 14.0. The molecule has 0 aliphatic carbocycles. The van der Waals surface area contributed by atoms with Gasteiger partial charge >= 0.3 is 0 Å². The molecule has 6 heteroatoms. The standard InChI is InChI=1S/C13H22N4O2/c1-3-13(4-5-14-10-13)12(18)16-11-8-15-17(9-11)6-7-19-2/h8-9,14H,3-7,10H2,1-2H3,(H,16,18). The smallest absolute Gasteiger partial charge is 0.232 e. The van der Waals surface area contributed by atoms with Crippen molar-refractivity contribution in [3.63, 3.8) is 0 Å². The molecule has 1 saturated heterocycles. The van der Waals surface area contributed by atoms with E-state index < -0.39 is 0 Å². The Balaban J connectivity index is 1.96. The van der Waals surface area contributed by atoms with Gasteiger partial charge in [-0.1, -0.05) is 6.92 Å². The lowest BCUT2D eigenvalue weighted by molar-refractivity contribution is -0.124. The minimum Gasteiger partial charge on any atom is -0.383 e. The number of amides is 1. The second-order valence-corrected chi connectivity index (χ2v) is 5.00. The van der Waals surface area contributed by atoms with Crippen molar-refractivity contribution in [3.05, 3.63) is 12.4 Å². The van der Waals surface area contributed by atoms with E-state index in [1.807, 2.05) is 6.20 Å². The zero-order chi connectivity index (χ0) is 13.7. The average Bonchev–Trinajstić information content (AvgIpc) is 3.06. The third kappa shape index (κ3) is 3.13. The summed E-state index contributed by atoms with van der Waals surface area (Å²) in [4.78, 5) is 12.4. The van der Waals surface area contributed by atoms with Gasteiger partial charge in [-0.05, 0) is 19.4 Å². The van der Waals surface area contributed by atoms with Crippen LogP contribution in [0.4, 0.5) is 5.69 Å². The van der Waals surface area contributed by atoms with Gasteiger partial charge in [-0.25, -0.2) is 0 Å². The Bertz CT molecular complexity index is 424. The summed E-state index contributed by atoms with van der Waals surface area (Å²) in [6.45, 7) is 5.03. The van der Waals surface area contributed by atoms with Gasteiger partial charge in [0.05, 0.1) is 30.5 Å².